The van der Waals surface area contributed by atoms with Crippen LogP contribution in [0.3, 0.4) is 0 Å². The minimum absolute atomic E-state index is 0.136. The maximum absolute atomic E-state index is 6.07. The second-order valence-electron chi connectivity index (χ2n) is 7.30. The third-order valence-electron chi connectivity index (χ3n) is 5.72. The zero-order valence-electron chi connectivity index (χ0n) is 12.2. The lowest BCUT2D eigenvalue weighted by atomic mass is 9.60. The number of rotatable bonds is 1. The van der Waals surface area contributed by atoms with E-state index in [1.54, 1.807) is 5.57 Å². The summed E-state index contributed by atoms with van der Waals surface area (Å²) in [6, 6.07) is 0. The maximum atomic E-state index is 6.07. The van der Waals surface area contributed by atoms with Gasteiger partial charge in [0.1, 0.15) is 0 Å². The van der Waals surface area contributed by atoms with E-state index >= 15 is 0 Å². The molecule has 2 nitrogen and oxygen atoms in total. The molecule has 0 amide bonds. The van der Waals surface area contributed by atoms with Gasteiger partial charge in [-0.15, -0.1) is 0 Å². The van der Waals surface area contributed by atoms with Gasteiger partial charge in [0.15, 0.2) is 0 Å². The Morgan fingerprint density at radius 1 is 0.944 bits per heavy atom. The summed E-state index contributed by atoms with van der Waals surface area (Å²) >= 11 is 0. The smallest absolute Gasteiger partial charge is 0.400 e. The van der Waals surface area contributed by atoms with Crippen LogP contribution in [0.25, 0.3) is 0 Å². The van der Waals surface area contributed by atoms with Gasteiger partial charge in [0.2, 0.25) is 0 Å². The summed E-state index contributed by atoms with van der Waals surface area (Å²) in [7, 11) is -0.136. The Balaban J connectivity index is 1.75. The summed E-state index contributed by atoms with van der Waals surface area (Å²) in [5, 5.41) is 0. The van der Waals surface area contributed by atoms with Gasteiger partial charge < -0.3 is 9.31 Å². The highest BCUT2D eigenvalue weighted by atomic mass is 16.7. The molecular formula is C15H25BO2. The standard InChI is InChI=1S/C15H25BO2/c1-13(2)14(3,4)18-16(17-13)11-12-7-10-15(12)8-5-6-9-15/h11H,5-10H2,1-4H3/b12-11-. The first-order valence-corrected chi connectivity index (χ1v) is 7.42. The molecule has 1 aliphatic heterocycles. The Morgan fingerprint density at radius 3 is 1.94 bits per heavy atom. The molecule has 0 N–H and O–H groups in total. The molecule has 1 heterocycles. The second-order valence-corrected chi connectivity index (χ2v) is 7.30. The van der Waals surface area contributed by atoms with Crippen molar-refractivity contribution in [1.82, 2.24) is 0 Å². The first-order chi connectivity index (χ1) is 8.35. The van der Waals surface area contributed by atoms with Crippen molar-refractivity contribution in [1.29, 1.82) is 0 Å². The highest BCUT2D eigenvalue weighted by Crippen LogP contribution is 2.57. The van der Waals surface area contributed by atoms with E-state index in [1.165, 1.54) is 38.5 Å². The van der Waals surface area contributed by atoms with Gasteiger partial charge in [-0.3, -0.25) is 0 Å². The third kappa shape index (κ3) is 1.78. The average molecular weight is 248 g/mol. The van der Waals surface area contributed by atoms with Crippen molar-refractivity contribution >= 4 is 7.12 Å². The van der Waals surface area contributed by atoms with E-state index in [-0.39, 0.29) is 18.3 Å². The summed E-state index contributed by atoms with van der Waals surface area (Å²) in [4.78, 5) is 0. The SMILES string of the molecule is CC1(C)OB(/C=C2/CCC23CCCC3)OC1(C)C. The van der Waals surface area contributed by atoms with Crippen LogP contribution in [0.4, 0.5) is 0 Å². The van der Waals surface area contributed by atoms with Gasteiger partial charge in [-0.2, -0.15) is 0 Å². The summed E-state index contributed by atoms with van der Waals surface area (Å²) in [6.07, 6.45) is 8.22. The first-order valence-electron chi connectivity index (χ1n) is 7.42. The Kier molecular flexibility index (Phi) is 2.73. The molecule has 1 saturated heterocycles. The Bertz CT molecular complexity index is 362. The maximum Gasteiger partial charge on any atom is 0.487 e. The van der Waals surface area contributed by atoms with E-state index < -0.39 is 0 Å². The lowest BCUT2D eigenvalue weighted by Crippen LogP contribution is -2.41. The van der Waals surface area contributed by atoms with Gasteiger partial charge in [-0.25, -0.2) is 0 Å². The average Bonchev–Trinajstić information content (AvgIpc) is 2.80. The molecule has 0 atom stereocenters. The van der Waals surface area contributed by atoms with E-state index in [1.807, 2.05) is 0 Å². The van der Waals surface area contributed by atoms with E-state index in [0.717, 1.165) is 0 Å². The lowest BCUT2D eigenvalue weighted by molar-refractivity contribution is 0.00578. The van der Waals surface area contributed by atoms with Gasteiger partial charge in [-0.1, -0.05) is 24.4 Å². The summed E-state index contributed by atoms with van der Waals surface area (Å²) in [6.45, 7) is 8.49. The van der Waals surface area contributed by atoms with Crippen molar-refractivity contribution < 1.29 is 9.31 Å². The molecule has 0 aromatic rings. The molecule has 2 aliphatic carbocycles. The number of allylic oxidation sites excluding steroid dienone is 1. The Morgan fingerprint density at radius 2 is 1.50 bits per heavy atom. The molecule has 3 aliphatic rings. The zero-order chi connectivity index (χ0) is 13.0. The largest absolute Gasteiger partial charge is 0.487 e. The topological polar surface area (TPSA) is 18.5 Å². The third-order valence-corrected chi connectivity index (χ3v) is 5.72. The van der Waals surface area contributed by atoms with Crippen molar-refractivity contribution in [2.24, 2.45) is 5.41 Å². The monoisotopic (exact) mass is 248 g/mol. The van der Waals surface area contributed by atoms with E-state index in [9.17, 15) is 0 Å². The Labute approximate surface area is 111 Å². The number of hydrogen-bond donors (Lipinski definition) is 0. The minimum Gasteiger partial charge on any atom is -0.400 e. The van der Waals surface area contributed by atoms with Crippen molar-refractivity contribution in [2.75, 3.05) is 0 Å². The van der Waals surface area contributed by atoms with Gasteiger partial charge in [0, 0.05) is 0 Å². The van der Waals surface area contributed by atoms with Gasteiger partial charge in [0.05, 0.1) is 11.2 Å². The molecule has 0 bridgehead atoms. The van der Waals surface area contributed by atoms with Crippen molar-refractivity contribution in [3.63, 3.8) is 0 Å². The van der Waals surface area contributed by atoms with Crippen LogP contribution in [-0.2, 0) is 9.31 Å². The number of hydrogen-bond acceptors (Lipinski definition) is 2. The van der Waals surface area contributed by atoms with Crippen LogP contribution in [0.5, 0.6) is 0 Å². The fraction of sp³-hybridized carbons (Fsp3) is 0.867. The molecule has 0 aromatic heterocycles. The molecule has 100 valence electrons. The Hall–Kier alpha value is -0.275. The fourth-order valence-corrected chi connectivity index (χ4v) is 3.63. The van der Waals surface area contributed by atoms with Crippen LogP contribution in [0.1, 0.15) is 66.2 Å². The van der Waals surface area contributed by atoms with E-state index in [4.69, 9.17) is 9.31 Å². The van der Waals surface area contributed by atoms with Crippen LogP contribution >= 0.6 is 0 Å². The highest BCUT2D eigenvalue weighted by Gasteiger charge is 2.52. The molecule has 0 radical (unpaired) electrons. The lowest BCUT2D eigenvalue weighted by Gasteiger charge is -2.42. The highest BCUT2D eigenvalue weighted by molar-refractivity contribution is 6.51. The molecule has 3 rings (SSSR count). The summed E-state index contributed by atoms with van der Waals surface area (Å²) in [5.41, 5.74) is 1.74. The summed E-state index contributed by atoms with van der Waals surface area (Å²) < 4.78 is 12.1. The van der Waals surface area contributed by atoms with Gasteiger partial charge in [-0.05, 0) is 58.8 Å². The molecule has 3 heteroatoms. The van der Waals surface area contributed by atoms with Crippen LogP contribution in [0.2, 0.25) is 0 Å². The van der Waals surface area contributed by atoms with Gasteiger partial charge >= 0.3 is 7.12 Å². The quantitative estimate of drug-likeness (QED) is 0.655. The first kappa shape index (κ1) is 12.7. The normalized spacial score (nSPS) is 34.2. The zero-order valence-corrected chi connectivity index (χ0v) is 12.2. The van der Waals surface area contributed by atoms with Crippen LogP contribution in [0.15, 0.2) is 11.5 Å². The van der Waals surface area contributed by atoms with Crippen molar-refractivity contribution in [3.8, 4) is 0 Å². The van der Waals surface area contributed by atoms with Crippen LogP contribution in [0, 0.1) is 5.41 Å². The summed E-state index contributed by atoms with van der Waals surface area (Å²) in [5.74, 6) is 2.28. The molecule has 0 aromatic carbocycles. The van der Waals surface area contributed by atoms with Crippen LogP contribution < -0.4 is 0 Å². The predicted molar refractivity (Wildman–Crippen MR) is 74.3 cm³/mol. The second kappa shape index (κ2) is 3.86. The van der Waals surface area contributed by atoms with Gasteiger partial charge in [0.25, 0.3) is 0 Å². The molecule has 3 fully saturated rings. The van der Waals surface area contributed by atoms with Crippen molar-refractivity contribution in [2.45, 2.75) is 77.4 Å². The molecular weight excluding hydrogens is 223 g/mol. The molecule has 2 saturated carbocycles. The van der Waals surface area contributed by atoms with E-state index in [2.05, 4.69) is 33.7 Å². The minimum atomic E-state index is -0.207. The fourth-order valence-electron chi connectivity index (χ4n) is 3.63. The van der Waals surface area contributed by atoms with Crippen molar-refractivity contribution in [3.05, 3.63) is 11.5 Å². The molecule has 0 unspecified atom stereocenters. The van der Waals surface area contributed by atoms with E-state index in [0.29, 0.717) is 5.41 Å². The van der Waals surface area contributed by atoms with Crippen LogP contribution in [-0.4, -0.2) is 18.3 Å². The molecule has 1 spiro atoms. The predicted octanol–water partition coefficient (Wildman–Crippen LogP) is 3.90. The molecule has 18 heavy (non-hydrogen) atoms.